The number of benzene rings is 1. The minimum absolute atomic E-state index is 0.482. The fraction of sp³-hybridized carbons (Fsp3) is 0.350. The zero-order valence-electron chi connectivity index (χ0n) is 14.8. The van der Waals surface area contributed by atoms with E-state index < -0.39 is 0 Å². The molecule has 1 aromatic carbocycles. The molecule has 0 amide bonds. The van der Waals surface area contributed by atoms with Crippen LogP contribution in [-0.4, -0.2) is 5.84 Å². The minimum Gasteiger partial charge on any atom is -0.399 e. The molecule has 1 heterocycles. The number of nitrogen functional groups attached to an aromatic ring is 1. The molecule has 0 aromatic heterocycles. The van der Waals surface area contributed by atoms with Crippen LogP contribution >= 0.6 is 0 Å². The largest absolute Gasteiger partial charge is 0.399 e. The molecule has 3 nitrogen and oxygen atoms in total. The number of allylic oxidation sites excluding steroid dienone is 2. The van der Waals surface area contributed by atoms with Crippen LogP contribution in [0.4, 0.5) is 5.69 Å². The molecule has 122 valence electrons. The van der Waals surface area contributed by atoms with Gasteiger partial charge in [-0.2, -0.15) is 0 Å². The number of rotatable bonds is 4. The summed E-state index contributed by atoms with van der Waals surface area (Å²) in [5.74, 6) is 1.41. The minimum atomic E-state index is 0.482. The van der Waals surface area contributed by atoms with Gasteiger partial charge in [0.25, 0.3) is 0 Å². The number of amidine groups is 1. The van der Waals surface area contributed by atoms with E-state index in [0.717, 1.165) is 29.2 Å². The summed E-state index contributed by atoms with van der Waals surface area (Å²) in [4.78, 5) is 4.68. The Hall–Kier alpha value is -2.29. The summed E-state index contributed by atoms with van der Waals surface area (Å²) >= 11 is 0. The van der Waals surface area contributed by atoms with E-state index >= 15 is 0 Å². The lowest BCUT2D eigenvalue weighted by molar-refractivity contribution is 0.766. The molecule has 0 spiro atoms. The van der Waals surface area contributed by atoms with E-state index in [1.165, 1.54) is 16.7 Å². The van der Waals surface area contributed by atoms with E-state index in [1.807, 2.05) is 30.5 Å². The number of nitrogens with one attached hydrogen (secondary N) is 1. The lowest BCUT2D eigenvalue weighted by Crippen LogP contribution is -2.17. The number of hydrogen-bond donors (Lipinski definition) is 2. The zero-order valence-corrected chi connectivity index (χ0v) is 14.8. The maximum Gasteiger partial charge on any atom is 0.137 e. The third kappa shape index (κ3) is 4.13. The second-order valence-electron chi connectivity index (χ2n) is 6.36. The summed E-state index contributed by atoms with van der Waals surface area (Å²) in [5, 5.41) is 3.46. The average Bonchev–Trinajstić information content (AvgIpc) is 2.96. The van der Waals surface area contributed by atoms with E-state index in [9.17, 15) is 0 Å². The quantitative estimate of drug-likeness (QED) is 0.777. The molecule has 0 atom stereocenters. The van der Waals surface area contributed by atoms with Gasteiger partial charge in [-0.05, 0) is 50.0 Å². The Balaban J connectivity index is 2.43. The SMILES string of the molecule is CCC(C)=CN=C1NC(c2ccc(N)cc2)=C/C1=C(/C)C(C)C. The summed E-state index contributed by atoms with van der Waals surface area (Å²) in [6.07, 6.45) is 5.15. The van der Waals surface area contributed by atoms with Crippen molar-refractivity contribution in [3.8, 4) is 0 Å². The van der Waals surface area contributed by atoms with Crippen LogP contribution in [0.15, 0.2) is 58.3 Å². The van der Waals surface area contributed by atoms with Crippen LogP contribution in [0.3, 0.4) is 0 Å². The van der Waals surface area contributed by atoms with Gasteiger partial charge < -0.3 is 11.1 Å². The first-order valence-electron chi connectivity index (χ1n) is 8.21. The predicted octanol–water partition coefficient (Wildman–Crippen LogP) is 4.90. The molecule has 0 radical (unpaired) electrons. The van der Waals surface area contributed by atoms with Crippen LogP contribution in [0.1, 0.15) is 46.6 Å². The van der Waals surface area contributed by atoms with E-state index in [0.29, 0.717) is 5.92 Å². The van der Waals surface area contributed by atoms with Crippen molar-refractivity contribution in [1.82, 2.24) is 5.32 Å². The van der Waals surface area contributed by atoms with Gasteiger partial charge in [0.2, 0.25) is 0 Å². The Bertz CT molecular complexity index is 686. The molecule has 23 heavy (non-hydrogen) atoms. The average molecular weight is 309 g/mol. The van der Waals surface area contributed by atoms with Crippen molar-refractivity contribution >= 4 is 17.2 Å². The van der Waals surface area contributed by atoms with Crippen molar-refractivity contribution in [3.05, 3.63) is 58.8 Å². The maximum atomic E-state index is 5.78. The van der Waals surface area contributed by atoms with E-state index in [4.69, 9.17) is 5.73 Å². The van der Waals surface area contributed by atoms with E-state index in [2.05, 4.69) is 51.0 Å². The van der Waals surface area contributed by atoms with Crippen LogP contribution in [0.25, 0.3) is 5.70 Å². The molecule has 0 fully saturated rings. The third-order valence-corrected chi connectivity index (χ3v) is 4.28. The van der Waals surface area contributed by atoms with Crippen LogP contribution in [0.2, 0.25) is 0 Å². The first-order chi connectivity index (χ1) is 10.9. The van der Waals surface area contributed by atoms with Gasteiger partial charge in [0.05, 0.1) is 0 Å². The predicted molar refractivity (Wildman–Crippen MR) is 101 cm³/mol. The van der Waals surface area contributed by atoms with Gasteiger partial charge in [-0.25, -0.2) is 4.99 Å². The molecule has 3 N–H and O–H groups in total. The van der Waals surface area contributed by atoms with Gasteiger partial charge in [0.15, 0.2) is 0 Å². The fourth-order valence-electron chi connectivity index (χ4n) is 2.24. The van der Waals surface area contributed by atoms with Crippen molar-refractivity contribution in [2.75, 3.05) is 5.73 Å². The Morgan fingerprint density at radius 1 is 1.22 bits per heavy atom. The van der Waals surface area contributed by atoms with Crippen LogP contribution in [-0.2, 0) is 0 Å². The van der Waals surface area contributed by atoms with Crippen molar-refractivity contribution in [1.29, 1.82) is 0 Å². The monoisotopic (exact) mass is 309 g/mol. The summed E-state index contributed by atoms with van der Waals surface area (Å²) in [5.41, 5.74) is 12.5. The second-order valence-corrected chi connectivity index (χ2v) is 6.36. The van der Waals surface area contributed by atoms with Crippen LogP contribution < -0.4 is 11.1 Å². The summed E-state index contributed by atoms with van der Waals surface area (Å²) < 4.78 is 0. The molecule has 1 aliphatic heterocycles. The highest BCUT2D eigenvalue weighted by Gasteiger charge is 2.20. The number of aliphatic imine (C=N–C) groups is 1. The summed E-state index contributed by atoms with van der Waals surface area (Å²) in [6.45, 7) is 10.8. The van der Waals surface area contributed by atoms with Crippen molar-refractivity contribution in [2.45, 2.75) is 41.0 Å². The van der Waals surface area contributed by atoms with Gasteiger partial charge in [0, 0.05) is 23.2 Å². The van der Waals surface area contributed by atoms with Gasteiger partial charge in [-0.1, -0.05) is 44.1 Å². The first kappa shape index (κ1) is 17.1. The van der Waals surface area contributed by atoms with Crippen LogP contribution in [0.5, 0.6) is 0 Å². The van der Waals surface area contributed by atoms with Gasteiger partial charge >= 0.3 is 0 Å². The Morgan fingerprint density at radius 2 is 1.87 bits per heavy atom. The Morgan fingerprint density at radius 3 is 2.43 bits per heavy atom. The Labute approximate surface area is 139 Å². The molecule has 0 aliphatic carbocycles. The second kappa shape index (κ2) is 7.32. The van der Waals surface area contributed by atoms with Crippen molar-refractivity contribution < 1.29 is 0 Å². The van der Waals surface area contributed by atoms with E-state index in [1.54, 1.807) is 0 Å². The molecule has 2 rings (SSSR count). The number of nitrogens with zero attached hydrogens (tertiary/aromatic N) is 1. The lowest BCUT2D eigenvalue weighted by atomic mass is 9.98. The number of hydrogen-bond acceptors (Lipinski definition) is 2. The first-order valence-corrected chi connectivity index (χ1v) is 8.21. The maximum absolute atomic E-state index is 5.78. The fourth-order valence-corrected chi connectivity index (χ4v) is 2.24. The van der Waals surface area contributed by atoms with Gasteiger partial charge in [0.1, 0.15) is 5.84 Å². The van der Waals surface area contributed by atoms with Crippen molar-refractivity contribution in [3.63, 3.8) is 0 Å². The lowest BCUT2D eigenvalue weighted by Gasteiger charge is -2.10. The van der Waals surface area contributed by atoms with Gasteiger partial charge in [-0.3, -0.25) is 0 Å². The molecule has 0 saturated heterocycles. The summed E-state index contributed by atoms with van der Waals surface area (Å²) in [6, 6.07) is 7.92. The highest BCUT2D eigenvalue weighted by atomic mass is 15.0. The molecule has 3 heteroatoms. The van der Waals surface area contributed by atoms with Gasteiger partial charge in [-0.15, -0.1) is 0 Å². The zero-order chi connectivity index (χ0) is 17.0. The molecule has 0 bridgehead atoms. The standard InChI is InChI=1S/C20H27N3/c1-6-14(4)12-22-20-18(15(5)13(2)3)11-19(23-20)16-7-9-17(21)10-8-16/h7-13H,6,21H2,1-5H3,(H,22,23)/b14-12?,18-15+. The highest BCUT2D eigenvalue weighted by Crippen LogP contribution is 2.26. The molecule has 1 aliphatic rings. The molecular weight excluding hydrogens is 282 g/mol. The molecular formula is C20H27N3. The Kier molecular flexibility index (Phi) is 5.43. The highest BCUT2D eigenvalue weighted by molar-refractivity contribution is 6.11. The third-order valence-electron chi connectivity index (χ3n) is 4.28. The summed E-state index contributed by atoms with van der Waals surface area (Å²) in [7, 11) is 0. The van der Waals surface area contributed by atoms with Crippen molar-refractivity contribution in [2.24, 2.45) is 10.9 Å². The van der Waals surface area contributed by atoms with Crippen LogP contribution in [0, 0.1) is 5.92 Å². The van der Waals surface area contributed by atoms with E-state index in [-0.39, 0.29) is 0 Å². The number of anilines is 1. The smallest absolute Gasteiger partial charge is 0.137 e. The number of nitrogens with two attached hydrogens (primary N) is 1. The molecule has 0 unspecified atom stereocenters. The molecule has 1 aromatic rings. The topological polar surface area (TPSA) is 50.4 Å². The normalized spacial score (nSPS) is 19.1. The molecule has 0 saturated carbocycles.